The third-order valence-electron chi connectivity index (χ3n) is 4.09. The van der Waals surface area contributed by atoms with Crippen molar-refractivity contribution in [2.24, 2.45) is 0 Å². The van der Waals surface area contributed by atoms with Gasteiger partial charge in [0.25, 0.3) is 11.8 Å². The highest BCUT2D eigenvalue weighted by Crippen LogP contribution is 2.32. The smallest absolute Gasteiger partial charge is 0.291 e. The maximum atomic E-state index is 13.0. The summed E-state index contributed by atoms with van der Waals surface area (Å²) in [6.45, 7) is 0.913. The summed E-state index contributed by atoms with van der Waals surface area (Å²) in [5.74, 6) is 0.393. The summed E-state index contributed by atoms with van der Waals surface area (Å²) in [6.07, 6.45) is 1.44. The van der Waals surface area contributed by atoms with E-state index in [4.69, 9.17) is 9.15 Å². The minimum absolute atomic E-state index is 0.144. The Bertz CT molecular complexity index is 950. The first kappa shape index (κ1) is 16.0. The molecule has 0 atom stereocenters. The number of carbonyl (C=O) groups excluding carboxylic acids is 2. The van der Waals surface area contributed by atoms with Crippen LogP contribution in [0.25, 0.3) is 0 Å². The second-order valence-corrected chi connectivity index (χ2v) is 5.79. The van der Waals surface area contributed by atoms with Gasteiger partial charge in [0.2, 0.25) is 0 Å². The number of amides is 2. The Morgan fingerprint density at radius 2 is 1.88 bits per heavy atom. The molecule has 1 N–H and O–H groups in total. The Hall–Kier alpha value is -3.54. The molecule has 3 aromatic rings. The van der Waals surface area contributed by atoms with E-state index in [1.807, 2.05) is 24.3 Å². The highest BCUT2D eigenvalue weighted by molar-refractivity contribution is 6.08. The predicted octanol–water partition coefficient (Wildman–Crippen LogP) is 3.57. The number of hydrogen-bond donors (Lipinski definition) is 1. The molecule has 2 amide bonds. The van der Waals surface area contributed by atoms with Crippen LogP contribution in [0, 0.1) is 0 Å². The van der Waals surface area contributed by atoms with Gasteiger partial charge in [-0.2, -0.15) is 0 Å². The number of fused-ring (bicyclic) bond motifs is 1. The molecular formula is C20H16N2O4. The number of benzene rings is 2. The van der Waals surface area contributed by atoms with E-state index in [1.165, 1.54) is 6.26 Å². The van der Waals surface area contributed by atoms with Crippen LogP contribution in [0.4, 0.5) is 11.4 Å². The molecule has 1 aliphatic heterocycles. The average molecular weight is 348 g/mol. The van der Waals surface area contributed by atoms with Gasteiger partial charge in [-0.1, -0.05) is 18.2 Å². The molecule has 0 fully saturated rings. The third kappa shape index (κ3) is 3.04. The number of furan rings is 1. The van der Waals surface area contributed by atoms with E-state index in [1.54, 1.807) is 41.3 Å². The molecule has 0 radical (unpaired) electrons. The summed E-state index contributed by atoms with van der Waals surface area (Å²) < 4.78 is 10.7. The quantitative estimate of drug-likeness (QED) is 0.785. The average Bonchev–Trinajstić information content (AvgIpc) is 3.22. The Kier molecular flexibility index (Phi) is 4.15. The van der Waals surface area contributed by atoms with Crippen molar-refractivity contribution in [1.82, 2.24) is 0 Å². The molecular weight excluding hydrogens is 332 g/mol. The number of rotatable bonds is 3. The lowest BCUT2D eigenvalue weighted by Gasteiger charge is -2.29. The van der Waals surface area contributed by atoms with E-state index >= 15 is 0 Å². The number of hydrogen-bond acceptors (Lipinski definition) is 4. The van der Waals surface area contributed by atoms with Crippen molar-refractivity contribution in [3.63, 3.8) is 0 Å². The molecule has 6 heteroatoms. The van der Waals surface area contributed by atoms with Crippen molar-refractivity contribution in [2.45, 2.75) is 0 Å². The summed E-state index contributed by atoms with van der Waals surface area (Å²) in [6, 6.07) is 17.5. The van der Waals surface area contributed by atoms with Crippen molar-refractivity contribution in [3.05, 3.63) is 78.3 Å². The molecule has 0 bridgehead atoms. The van der Waals surface area contributed by atoms with Gasteiger partial charge in [0.05, 0.1) is 18.5 Å². The van der Waals surface area contributed by atoms with Gasteiger partial charge in [0, 0.05) is 11.3 Å². The monoisotopic (exact) mass is 348 g/mol. The normalized spacial score (nSPS) is 12.8. The van der Waals surface area contributed by atoms with Gasteiger partial charge in [0.1, 0.15) is 12.4 Å². The number of nitrogens with one attached hydrogen (secondary N) is 1. The molecule has 0 unspecified atom stereocenters. The molecule has 0 saturated heterocycles. The molecule has 26 heavy (non-hydrogen) atoms. The van der Waals surface area contributed by atoms with E-state index in [0.29, 0.717) is 30.2 Å². The maximum absolute atomic E-state index is 13.0. The van der Waals surface area contributed by atoms with Crippen molar-refractivity contribution >= 4 is 23.2 Å². The van der Waals surface area contributed by atoms with Gasteiger partial charge in [-0.15, -0.1) is 0 Å². The summed E-state index contributed by atoms with van der Waals surface area (Å²) in [5, 5.41) is 2.73. The van der Waals surface area contributed by atoms with E-state index in [0.717, 1.165) is 5.69 Å². The number of anilines is 2. The largest absolute Gasteiger partial charge is 0.490 e. The van der Waals surface area contributed by atoms with Crippen molar-refractivity contribution in [3.8, 4) is 5.75 Å². The zero-order valence-corrected chi connectivity index (χ0v) is 13.8. The first-order chi connectivity index (χ1) is 12.7. The van der Waals surface area contributed by atoms with E-state index < -0.39 is 0 Å². The Morgan fingerprint density at radius 1 is 1.00 bits per heavy atom. The van der Waals surface area contributed by atoms with Gasteiger partial charge in [-0.05, 0) is 42.5 Å². The first-order valence-electron chi connectivity index (χ1n) is 8.21. The maximum Gasteiger partial charge on any atom is 0.291 e. The zero-order valence-electron chi connectivity index (χ0n) is 13.8. The van der Waals surface area contributed by atoms with E-state index in [-0.39, 0.29) is 17.6 Å². The molecule has 130 valence electrons. The summed E-state index contributed by atoms with van der Waals surface area (Å²) in [5.41, 5.74) is 1.76. The van der Waals surface area contributed by atoms with Crippen molar-refractivity contribution in [2.75, 3.05) is 23.4 Å². The van der Waals surface area contributed by atoms with E-state index in [2.05, 4.69) is 5.32 Å². The molecule has 2 aromatic carbocycles. The number of ether oxygens (including phenoxy) is 1. The molecule has 1 aromatic heterocycles. The van der Waals surface area contributed by atoms with Crippen LogP contribution in [-0.4, -0.2) is 25.0 Å². The topological polar surface area (TPSA) is 71.8 Å². The second-order valence-electron chi connectivity index (χ2n) is 5.79. The second kappa shape index (κ2) is 6.76. The first-order valence-corrected chi connectivity index (χ1v) is 8.21. The van der Waals surface area contributed by atoms with Crippen molar-refractivity contribution in [1.29, 1.82) is 0 Å². The highest BCUT2D eigenvalue weighted by Gasteiger charge is 2.24. The number of para-hydroxylation sites is 2. The minimum atomic E-state index is -0.365. The molecule has 0 spiro atoms. The fourth-order valence-electron chi connectivity index (χ4n) is 2.87. The van der Waals surface area contributed by atoms with E-state index in [9.17, 15) is 9.59 Å². The van der Waals surface area contributed by atoms with Gasteiger partial charge < -0.3 is 19.4 Å². The van der Waals surface area contributed by atoms with Crippen LogP contribution in [0.3, 0.4) is 0 Å². The van der Waals surface area contributed by atoms with Crippen molar-refractivity contribution < 1.29 is 18.7 Å². The minimum Gasteiger partial charge on any atom is -0.490 e. The molecule has 0 aliphatic carbocycles. The summed E-state index contributed by atoms with van der Waals surface area (Å²) >= 11 is 0. The van der Waals surface area contributed by atoms with Crippen LogP contribution in [0.5, 0.6) is 5.75 Å². The number of nitrogens with zero attached hydrogens (tertiary/aromatic N) is 1. The Labute approximate surface area is 150 Å². The molecule has 2 heterocycles. The fourth-order valence-corrected chi connectivity index (χ4v) is 2.87. The molecule has 1 aliphatic rings. The SMILES string of the molecule is O=C(Nc1cccc(C(=O)N2CCOc3ccccc32)c1)c1ccco1. The van der Waals surface area contributed by atoms with Crippen LogP contribution in [0.2, 0.25) is 0 Å². The van der Waals surface area contributed by atoms with Crippen LogP contribution in [0.15, 0.2) is 71.3 Å². The number of carbonyl (C=O) groups is 2. The fraction of sp³-hybridized carbons (Fsp3) is 0.100. The standard InChI is InChI=1S/C20H16N2O4/c23-19(18-9-4-11-25-18)21-15-6-3-5-14(13-15)20(24)22-10-12-26-17-8-2-1-7-16(17)22/h1-9,11,13H,10,12H2,(H,21,23). The van der Waals surface area contributed by atoms with Gasteiger partial charge in [-0.25, -0.2) is 0 Å². The van der Waals surface area contributed by atoms with Crippen LogP contribution < -0.4 is 15.0 Å². The highest BCUT2D eigenvalue weighted by atomic mass is 16.5. The molecule has 6 nitrogen and oxygen atoms in total. The third-order valence-corrected chi connectivity index (χ3v) is 4.09. The Balaban J connectivity index is 1.57. The lowest BCUT2D eigenvalue weighted by molar-refractivity contribution is 0.0973. The van der Waals surface area contributed by atoms with Crippen LogP contribution >= 0.6 is 0 Å². The van der Waals surface area contributed by atoms with Gasteiger partial charge >= 0.3 is 0 Å². The summed E-state index contributed by atoms with van der Waals surface area (Å²) in [7, 11) is 0. The van der Waals surface area contributed by atoms with Gasteiger partial charge in [0.15, 0.2) is 5.76 Å². The zero-order chi connectivity index (χ0) is 17.9. The predicted molar refractivity (Wildman–Crippen MR) is 96.7 cm³/mol. The van der Waals surface area contributed by atoms with Crippen LogP contribution in [0.1, 0.15) is 20.9 Å². The molecule has 0 saturated carbocycles. The summed E-state index contributed by atoms with van der Waals surface area (Å²) in [4.78, 5) is 26.8. The van der Waals surface area contributed by atoms with Gasteiger partial charge in [-0.3, -0.25) is 9.59 Å². The lowest BCUT2D eigenvalue weighted by Crippen LogP contribution is -2.37. The lowest BCUT2D eigenvalue weighted by atomic mass is 10.1. The Morgan fingerprint density at radius 3 is 2.73 bits per heavy atom. The van der Waals surface area contributed by atoms with Crippen LogP contribution in [-0.2, 0) is 0 Å². The molecule has 4 rings (SSSR count).